The Labute approximate surface area is 216 Å². The summed E-state index contributed by atoms with van der Waals surface area (Å²) in [6.07, 6.45) is 1.79. The van der Waals surface area contributed by atoms with Crippen molar-refractivity contribution in [3.63, 3.8) is 0 Å². The highest BCUT2D eigenvalue weighted by atomic mass is 79.9. The van der Waals surface area contributed by atoms with Gasteiger partial charge in [-0.3, -0.25) is 4.79 Å². The lowest BCUT2D eigenvalue weighted by Crippen LogP contribution is -2.19. The minimum Gasteiger partial charge on any atom is -0.490 e. The highest BCUT2D eigenvalue weighted by molar-refractivity contribution is 9.10. The molecule has 3 aromatic carbocycles. The fraction of sp³-hybridized carbons (Fsp3) is 0.185. The number of nitrogens with zero attached hydrogens (tertiary/aromatic N) is 1. The van der Waals surface area contributed by atoms with Crippen molar-refractivity contribution in [1.82, 2.24) is 5.32 Å². The van der Waals surface area contributed by atoms with Gasteiger partial charge in [0.1, 0.15) is 12.4 Å². The lowest BCUT2D eigenvalue weighted by molar-refractivity contribution is -0.115. The van der Waals surface area contributed by atoms with Gasteiger partial charge in [-0.2, -0.15) is 0 Å². The van der Waals surface area contributed by atoms with E-state index in [0.29, 0.717) is 28.2 Å². The molecule has 1 aliphatic heterocycles. The zero-order chi connectivity index (χ0) is 24.9. The van der Waals surface area contributed by atoms with Gasteiger partial charge in [-0.05, 0) is 97.3 Å². The van der Waals surface area contributed by atoms with Gasteiger partial charge in [-0.25, -0.2) is 9.38 Å². The van der Waals surface area contributed by atoms with Crippen molar-refractivity contribution in [2.45, 2.75) is 27.4 Å². The highest BCUT2D eigenvalue weighted by Crippen LogP contribution is 2.34. The van der Waals surface area contributed by atoms with Gasteiger partial charge in [0.25, 0.3) is 5.91 Å². The number of carbonyl (C=O) groups is 1. The van der Waals surface area contributed by atoms with Gasteiger partial charge in [-0.1, -0.05) is 34.1 Å². The first-order chi connectivity index (χ1) is 16.8. The Kier molecular flexibility index (Phi) is 7.93. The monoisotopic (exact) mass is 554 g/mol. The van der Waals surface area contributed by atoms with Crippen LogP contribution in [0, 0.1) is 19.7 Å². The van der Waals surface area contributed by atoms with Gasteiger partial charge in [0.15, 0.2) is 16.7 Å². The van der Waals surface area contributed by atoms with Crippen molar-refractivity contribution >= 4 is 50.5 Å². The van der Waals surface area contributed by atoms with E-state index in [2.05, 4.69) is 26.2 Å². The molecule has 5 nitrogen and oxygen atoms in total. The topological polar surface area (TPSA) is 59.9 Å². The molecule has 3 aromatic rings. The van der Waals surface area contributed by atoms with Crippen molar-refractivity contribution in [2.75, 3.05) is 6.61 Å². The molecule has 0 aliphatic carbocycles. The SMILES string of the molecule is CCOc1cc(/C=C2\SC(=Nc3cc(C)c(Br)c(C)c3)NC2=O)ccc1OCc1cccc(F)c1. The van der Waals surface area contributed by atoms with E-state index in [1.54, 1.807) is 24.3 Å². The summed E-state index contributed by atoms with van der Waals surface area (Å²) in [5.41, 5.74) is 4.46. The molecule has 1 aliphatic rings. The van der Waals surface area contributed by atoms with Gasteiger partial charge in [-0.15, -0.1) is 0 Å². The number of amidine groups is 1. The quantitative estimate of drug-likeness (QED) is 0.317. The number of benzene rings is 3. The zero-order valence-electron chi connectivity index (χ0n) is 19.5. The number of halogens is 2. The summed E-state index contributed by atoms with van der Waals surface area (Å²) in [5, 5.41) is 3.36. The van der Waals surface area contributed by atoms with E-state index < -0.39 is 0 Å². The van der Waals surface area contributed by atoms with Crippen LogP contribution in [0.1, 0.15) is 29.2 Å². The van der Waals surface area contributed by atoms with Gasteiger partial charge in [0.05, 0.1) is 17.2 Å². The lowest BCUT2D eigenvalue weighted by atomic mass is 10.1. The van der Waals surface area contributed by atoms with E-state index in [-0.39, 0.29) is 18.3 Å². The number of ether oxygens (including phenoxy) is 2. The van der Waals surface area contributed by atoms with Crippen molar-refractivity contribution < 1.29 is 18.7 Å². The molecule has 35 heavy (non-hydrogen) atoms. The van der Waals surface area contributed by atoms with Crippen LogP contribution in [0.25, 0.3) is 6.08 Å². The largest absolute Gasteiger partial charge is 0.490 e. The molecule has 1 heterocycles. The van der Waals surface area contributed by atoms with E-state index in [9.17, 15) is 9.18 Å². The third-order valence-electron chi connectivity index (χ3n) is 5.15. The highest BCUT2D eigenvalue weighted by Gasteiger charge is 2.24. The Hall–Kier alpha value is -3.10. The fourth-order valence-electron chi connectivity index (χ4n) is 3.53. The Morgan fingerprint density at radius 1 is 1.06 bits per heavy atom. The fourth-order valence-corrected chi connectivity index (χ4v) is 4.60. The summed E-state index contributed by atoms with van der Waals surface area (Å²) in [5.74, 6) is 0.587. The van der Waals surface area contributed by atoms with Crippen LogP contribution >= 0.6 is 27.7 Å². The van der Waals surface area contributed by atoms with Crippen molar-refractivity contribution in [2.24, 2.45) is 4.99 Å². The Morgan fingerprint density at radius 2 is 1.83 bits per heavy atom. The molecule has 1 fully saturated rings. The molecule has 180 valence electrons. The smallest absolute Gasteiger partial charge is 0.264 e. The van der Waals surface area contributed by atoms with Gasteiger partial charge in [0, 0.05) is 4.47 Å². The van der Waals surface area contributed by atoms with E-state index in [4.69, 9.17) is 9.47 Å². The Balaban J connectivity index is 1.52. The van der Waals surface area contributed by atoms with Crippen LogP contribution in [0.5, 0.6) is 11.5 Å². The van der Waals surface area contributed by atoms with Crippen molar-refractivity contribution in [3.8, 4) is 11.5 Å². The molecular weight excluding hydrogens is 531 g/mol. The average molecular weight is 555 g/mol. The predicted molar refractivity (Wildman–Crippen MR) is 143 cm³/mol. The number of rotatable bonds is 7. The van der Waals surface area contributed by atoms with Crippen LogP contribution in [0.4, 0.5) is 10.1 Å². The normalized spacial score (nSPS) is 15.5. The first-order valence-corrected chi connectivity index (χ1v) is 12.6. The molecule has 1 saturated heterocycles. The number of amides is 1. The number of nitrogens with one attached hydrogen (secondary N) is 1. The summed E-state index contributed by atoms with van der Waals surface area (Å²) < 4.78 is 26.1. The van der Waals surface area contributed by atoms with E-state index in [0.717, 1.165) is 32.4 Å². The van der Waals surface area contributed by atoms with E-state index in [1.165, 1.54) is 23.9 Å². The summed E-state index contributed by atoms with van der Waals surface area (Å²) in [6, 6.07) is 15.7. The molecule has 0 bridgehead atoms. The average Bonchev–Trinajstić information content (AvgIpc) is 3.15. The maximum Gasteiger partial charge on any atom is 0.264 e. The molecule has 8 heteroatoms. The number of aliphatic imine (C=N–C) groups is 1. The Bertz CT molecular complexity index is 1320. The second-order valence-corrected chi connectivity index (χ2v) is 9.76. The zero-order valence-corrected chi connectivity index (χ0v) is 21.9. The molecule has 4 rings (SSSR count). The molecule has 0 spiro atoms. The number of carbonyl (C=O) groups excluding carboxylic acids is 1. The first kappa shape index (κ1) is 25.0. The number of hydrogen-bond acceptors (Lipinski definition) is 5. The van der Waals surface area contributed by atoms with Crippen LogP contribution in [-0.2, 0) is 11.4 Å². The third kappa shape index (κ3) is 6.32. The number of thioether (sulfide) groups is 1. The maximum absolute atomic E-state index is 13.4. The van der Waals surface area contributed by atoms with Crippen molar-refractivity contribution in [3.05, 3.63) is 92.0 Å². The third-order valence-corrected chi connectivity index (χ3v) is 7.31. The molecule has 0 aromatic heterocycles. The minimum absolute atomic E-state index is 0.205. The van der Waals surface area contributed by atoms with Crippen LogP contribution in [-0.4, -0.2) is 17.7 Å². The second-order valence-electron chi connectivity index (χ2n) is 7.93. The van der Waals surface area contributed by atoms with Crippen LogP contribution < -0.4 is 14.8 Å². The van der Waals surface area contributed by atoms with E-state index in [1.807, 2.05) is 45.0 Å². The molecule has 1 N–H and O–H groups in total. The predicted octanol–water partition coefficient (Wildman–Crippen LogP) is 7.07. The summed E-state index contributed by atoms with van der Waals surface area (Å²) in [4.78, 5) is 17.7. The molecule has 0 unspecified atom stereocenters. The van der Waals surface area contributed by atoms with Crippen LogP contribution in [0.2, 0.25) is 0 Å². The Morgan fingerprint density at radius 3 is 2.54 bits per heavy atom. The second kappa shape index (κ2) is 11.1. The maximum atomic E-state index is 13.4. The molecule has 1 amide bonds. The molecule has 0 atom stereocenters. The van der Waals surface area contributed by atoms with Gasteiger partial charge < -0.3 is 14.8 Å². The first-order valence-electron chi connectivity index (χ1n) is 11.0. The minimum atomic E-state index is -0.307. The molecule has 0 radical (unpaired) electrons. The summed E-state index contributed by atoms with van der Waals surface area (Å²) >= 11 is 4.85. The van der Waals surface area contributed by atoms with Gasteiger partial charge >= 0.3 is 0 Å². The van der Waals surface area contributed by atoms with Crippen molar-refractivity contribution in [1.29, 1.82) is 0 Å². The molecule has 0 saturated carbocycles. The van der Waals surface area contributed by atoms with E-state index >= 15 is 0 Å². The number of hydrogen-bond donors (Lipinski definition) is 1. The van der Waals surface area contributed by atoms with Crippen LogP contribution in [0.3, 0.4) is 0 Å². The molecular formula is C27H24BrFN2O3S. The summed E-state index contributed by atoms with van der Waals surface area (Å²) in [6.45, 7) is 6.57. The lowest BCUT2D eigenvalue weighted by Gasteiger charge is -2.13. The summed E-state index contributed by atoms with van der Waals surface area (Å²) in [7, 11) is 0. The van der Waals surface area contributed by atoms with Crippen LogP contribution in [0.15, 0.2) is 69.0 Å². The standard InChI is InChI=1S/C27H24BrFN2O3S/c1-4-33-23-13-18(8-9-22(23)34-15-19-6-5-7-20(29)12-19)14-24-26(32)31-27(35-24)30-21-10-16(2)25(28)17(3)11-21/h5-14H,4,15H2,1-3H3,(H,30,31,32)/b24-14-. The van der Waals surface area contributed by atoms with Gasteiger partial charge in [0.2, 0.25) is 0 Å². The number of aryl methyl sites for hydroxylation is 2.